The van der Waals surface area contributed by atoms with Crippen LogP contribution in [0.3, 0.4) is 0 Å². The maximum Gasteiger partial charge on any atom is 0.267 e. The highest BCUT2D eigenvalue weighted by Gasteiger charge is 2.10. The van der Waals surface area contributed by atoms with E-state index >= 15 is 0 Å². The van der Waals surface area contributed by atoms with Crippen LogP contribution in [0, 0.1) is 0 Å². The Kier molecular flexibility index (Phi) is 5.43. The zero-order valence-corrected chi connectivity index (χ0v) is 11.6. The molecular formula is C15H17N5O. The lowest BCUT2D eigenvalue weighted by molar-refractivity contribution is 0.0944. The molecule has 1 heterocycles. The van der Waals surface area contributed by atoms with Gasteiger partial charge in [-0.25, -0.2) is 0 Å². The zero-order chi connectivity index (χ0) is 14.9. The monoisotopic (exact) mass is 283 g/mol. The van der Waals surface area contributed by atoms with Crippen molar-refractivity contribution in [3.8, 4) is 0 Å². The van der Waals surface area contributed by atoms with E-state index in [2.05, 4.69) is 15.3 Å². The molecule has 0 aliphatic carbocycles. The van der Waals surface area contributed by atoms with E-state index < -0.39 is 0 Å². The standard InChI is InChI=1S/C15H17N5O/c16-19-18-10-5-9-17-15(21)14-8-4-11-20(14)12-13-6-2-1-3-7-13/h1-4,6-8,11H,5,9-10,12H2,(H,17,21). The fraction of sp³-hybridized carbons (Fsp3) is 0.267. The molecular weight excluding hydrogens is 266 g/mol. The van der Waals surface area contributed by atoms with E-state index in [0.29, 0.717) is 31.7 Å². The van der Waals surface area contributed by atoms with Gasteiger partial charge in [0, 0.05) is 30.7 Å². The third-order valence-electron chi connectivity index (χ3n) is 3.04. The average Bonchev–Trinajstić information content (AvgIpc) is 2.96. The van der Waals surface area contributed by atoms with E-state index in [1.165, 1.54) is 0 Å². The summed E-state index contributed by atoms with van der Waals surface area (Å²) in [5.41, 5.74) is 9.94. The van der Waals surface area contributed by atoms with Crippen molar-refractivity contribution in [2.45, 2.75) is 13.0 Å². The second-order valence-electron chi connectivity index (χ2n) is 4.57. The molecule has 2 aromatic rings. The van der Waals surface area contributed by atoms with Crippen LogP contribution >= 0.6 is 0 Å². The van der Waals surface area contributed by atoms with Crippen molar-refractivity contribution >= 4 is 5.91 Å². The number of hydrogen-bond acceptors (Lipinski definition) is 2. The van der Waals surface area contributed by atoms with Crippen molar-refractivity contribution in [2.24, 2.45) is 5.11 Å². The highest BCUT2D eigenvalue weighted by Crippen LogP contribution is 2.07. The van der Waals surface area contributed by atoms with E-state index in [1.807, 2.05) is 47.2 Å². The molecule has 6 heteroatoms. The Labute approximate surface area is 123 Å². The van der Waals surface area contributed by atoms with Crippen molar-refractivity contribution < 1.29 is 4.79 Å². The van der Waals surface area contributed by atoms with E-state index in [-0.39, 0.29) is 5.91 Å². The molecule has 0 radical (unpaired) electrons. The third-order valence-corrected chi connectivity index (χ3v) is 3.04. The molecule has 2 rings (SSSR count). The van der Waals surface area contributed by atoms with E-state index in [0.717, 1.165) is 5.56 Å². The lowest BCUT2D eigenvalue weighted by Gasteiger charge is -2.09. The molecule has 6 nitrogen and oxygen atoms in total. The van der Waals surface area contributed by atoms with Gasteiger partial charge in [0.1, 0.15) is 5.69 Å². The van der Waals surface area contributed by atoms with E-state index in [9.17, 15) is 4.79 Å². The van der Waals surface area contributed by atoms with Crippen LogP contribution in [0.4, 0.5) is 0 Å². The van der Waals surface area contributed by atoms with Gasteiger partial charge in [-0.15, -0.1) is 0 Å². The van der Waals surface area contributed by atoms with Crippen LogP contribution in [0.25, 0.3) is 10.4 Å². The molecule has 0 spiro atoms. The number of rotatable bonds is 7. The van der Waals surface area contributed by atoms with Crippen LogP contribution in [0.15, 0.2) is 53.8 Å². The predicted octanol–water partition coefficient (Wildman–Crippen LogP) is 2.97. The summed E-state index contributed by atoms with van der Waals surface area (Å²) in [5.74, 6) is -0.114. The fourth-order valence-electron chi connectivity index (χ4n) is 2.03. The number of nitrogens with one attached hydrogen (secondary N) is 1. The van der Waals surface area contributed by atoms with Gasteiger partial charge in [-0.1, -0.05) is 35.4 Å². The van der Waals surface area contributed by atoms with Crippen molar-refractivity contribution in [3.05, 3.63) is 70.4 Å². The van der Waals surface area contributed by atoms with Gasteiger partial charge in [-0.2, -0.15) is 0 Å². The highest BCUT2D eigenvalue weighted by molar-refractivity contribution is 5.92. The predicted molar refractivity (Wildman–Crippen MR) is 80.9 cm³/mol. The molecule has 108 valence electrons. The van der Waals surface area contributed by atoms with E-state index in [1.54, 1.807) is 6.07 Å². The minimum atomic E-state index is -0.114. The van der Waals surface area contributed by atoms with Gasteiger partial charge in [-0.3, -0.25) is 4.79 Å². The topological polar surface area (TPSA) is 82.8 Å². The smallest absolute Gasteiger partial charge is 0.267 e. The molecule has 0 fully saturated rings. The van der Waals surface area contributed by atoms with Crippen LogP contribution in [0.1, 0.15) is 22.5 Å². The third kappa shape index (κ3) is 4.40. The fourth-order valence-corrected chi connectivity index (χ4v) is 2.03. The molecule has 0 aliphatic heterocycles. The molecule has 0 saturated heterocycles. The maximum atomic E-state index is 12.1. The first-order valence-electron chi connectivity index (χ1n) is 6.79. The Morgan fingerprint density at radius 1 is 1.24 bits per heavy atom. The number of carbonyl (C=O) groups excluding carboxylic acids is 1. The molecule has 0 unspecified atom stereocenters. The second kappa shape index (κ2) is 7.77. The van der Waals surface area contributed by atoms with Crippen LogP contribution in [0.5, 0.6) is 0 Å². The Balaban J connectivity index is 1.93. The summed E-state index contributed by atoms with van der Waals surface area (Å²) >= 11 is 0. The average molecular weight is 283 g/mol. The van der Waals surface area contributed by atoms with Crippen LogP contribution < -0.4 is 5.32 Å². The number of aromatic nitrogens is 1. The summed E-state index contributed by atoms with van der Waals surface area (Å²) in [6, 6.07) is 13.6. The lowest BCUT2D eigenvalue weighted by atomic mass is 10.2. The zero-order valence-electron chi connectivity index (χ0n) is 11.6. The number of azide groups is 1. The van der Waals surface area contributed by atoms with Gasteiger partial charge >= 0.3 is 0 Å². The molecule has 1 N–H and O–H groups in total. The number of nitrogens with zero attached hydrogens (tertiary/aromatic N) is 4. The summed E-state index contributed by atoms with van der Waals surface area (Å²) < 4.78 is 1.91. The molecule has 1 aromatic carbocycles. The normalized spacial score (nSPS) is 9.90. The van der Waals surface area contributed by atoms with Crippen LogP contribution in [-0.2, 0) is 6.54 Å². The Bertz CT molecular complexity index is 629. The molecule has 0 saturated carbocycles. The summed E-state index contributed by atoms with van der Waals surface area (Å²) in [7, 11) is 0. The molecule has 21 heavy (non-hydrogen) atoms. The quantitative estimate of drug-likeness (QED) is 0.360. The van der Waals surface area contributed by atoms with Gasteiger partial charge in [0.05, 0.1) is 0 Å². The van der Waals surface area contributed by atoms with Crippen LogP contribution in [-0.4, -0.2) is 23.6 Å². The summed E-state index contributed by atoms with van der Waals surface area (Å²) in [6.45, 7) is 1.55. The first-order chi connectivity index (χ1) is 10.3. The molecule has 1 aromatic heterocycles. The van der Waals surface area contributed by atoms with Gasteiger partial charge < -0.3 is 9.88 Å². The van der Waals surface area contributed by atoms with Gasteiger partial charge in [0.15, 0.2) is 0 Å². The minimum absolute atomic E-state index is 0.114. The Morgan fingerprint density at radius 2 is 2.05 bits per heavy atom. The van der Waals surface area contributed by atoms with Gasteiger partial charge in [0.25, 0.3) is 5.91 Å². The molecule has 0 atom stereocenters. The Morgan fingerprint density at radius 3 is 2.81 bits per heavy atom. The maximum absolute atomic E-state index is 12.1. The number of benzene rings is 1. The first-order valence-corrected chi connectivity index (χ1v) is 6.79. The highest BCUT2D eigenvalue weighted by atomic mass is 16.1. The Hall–Kier alpha value is -2.72. The van der Waals surface area contributed by atoms with Crippen molar-refractivity contribution in [1.82, 2.24) is 9.88 Å². The minimum Gasteiger partial charge on any atom is -0.351 e. The number of hydrogen-bond donors (Lipinski definition) is 1. The second-order valence-corrected chi connectivity index (χ2v) is 4.57. The number of amides is 1. The summed E-state index contributed by atoms with van der Waals surface area (Å²) in [4.78, 5) is 14.8. The first kappa shape index (κ1) is 14.7. The van der Waals surface area contributed by atoms with Crippen molar-refractivity contribution in [2.75, 3.05) is 13.1 Å². The lowest BCUT2D eigenvalue weighted by Crippen LogP contribution is -2.27. The van der Waals surface area contributed by atoms with Crippen molar-refractivity contribution in [3.63, 3.8) is 0 Å². The van der Waals surface area contributed by atoms with E-state index in [4.69, 9.17) is 5.53 Å². The molecule has 1 amide bonds. The van der Waals surface area contributed by atoms with Crippen LogP contribution in [0.2, 0.25) is 0 Å². The summed E-state index contributed by atoms with van der Waals surface area (Å²) in [5, 5.41) is 6.26. The molecule has 0 bridgehead atoms. The number of carbonyl (C=O) groups is 1. The van der Waals surface area contributed by atoms with Gasteiger partial charge in [-0.05, 0) is 29.6 Å². The van der Waals surface area contributed by atoms with Gasteiger partial charge in [0.2, 0.25) is 0 Å². The largest absolute Gasteiger partial charge is 0.351 e. The summed E-state index contributed by atoms with van der Waals surface area (Å²) in [6.07, 6.45) is 2.52. The SMILES string of the molecule is [N-]=[N+]=NCCCNC(=O)c1cccn1Cc1ccccc1. The van der Waals surface area contributed by atoms with Crippen molar-refractivity contribution in [1.29, 1.82) is 0 Å². The molecule has 0 aliphatic rings.